The largest absolute Gasteiger partial charge is 0.391 e. The van der Waals surface area contributed by atoms with Crippen LogP contribution in [0.25, 0.3) is 0 Å². The van der Waals surface area contributed by atoms with Gasteiger partial charge in [-0.15, -0.1) is 0 Å². The molecule has 3 heteroatoms. The highest BCUT2D eigenvalue weighted by Crippen LogP contribution is 2.68. The molecular formula is C23H37NO2. The fraction of sp³-hybridized carbons (Fsp3) is 1.00. The van der Waals surface area contributed by atoms with Crippen LogP contribution in [0.4, 0.5) is 0 Å². The molecule has 0 aromatic heterocycles. The van der Waals surface area contributed by atoms with Gasteiger partial charge < -0.3 is 9.84 Å². The molecule has 6 rings (SSSR count). The third kappa shape index (κ3) is 2.12. The molecule has 2 aliphatic heterocycles. The van der Waals surface area contributed by atoms with Gasteiger partial charge in [0.1, 0.15) is 0 Å². The first-order valence-corrected chi connectivity index (χ1v) is 11.6. The summed E-state index contributed by atoms with van der Waals surface area (Å²) in [6, 6.07) is 0.444. The van der Waals surface area contributed by atoms with E-state index in [-0.39, 0.29) is 11.5 Å². The van der Waals surface area contributed by atoms with Gasteiger partial charge >= 0.3 is 0 Å². The predicted molar refractivity (Wildman–Crippen MR) is 102 cm³/mol. The topological polar surface area (TPSA) is 36.0 Å². The van der Waals surface area contributed by atoms with Gasteiger partial charge in [0, 0.05) is 6.04 Å². The van der Waals surface area contributed by atoms with E-state index in [1.807, 2.05) is 0 Å². The SMILES string of the molecule is C[C@]12CCC3C(CC[C@H]4C[C@@H]5O[C@@H]5C[C@]34C)C1C[C@H](N1CCCC1)[C@@H]2O. The monoisotopic (exact) mass is 359 g/mol. The highest BCUT2D eigenvalue weighted by molar-refractivity contribution is 5.15. The van der Waals surface area contributed by atoms with Crippen LogP contribution >= 0.6 is 0 Å². The predicted octanol–water partition coefficient (Wildman–Crippen LogP) is 3.84. The van der Waals surface area contributed by atoms with Crippen LogP contribution in [0.15, 0.2) is 0 Å². The first-order valence-electron chi connectivity index (χ1n) is 11.6. The Morgan fingerprint density at radius 2 is 1.73 bits per heavy atom. The van der Waals surface area contributed by atoms with Crippen molar-refractivity contribution < 1.29 is 9.84 Å². The van der Waals surface area contributed by atoms with Crippen molar-refractivity contribution in [3.63, 3.8) is 0 Å². The van der Waals surface area contributed by atoms with Crippen molar-refractivity contribution in [2.45, 2.75) is 96.0 Å². The van der Waals surface area contributed by atoms with Crippen LogP contribution in [-0.2, 0) is 4.74 Å². The van der Waals surface area contributed by atoms with Crippen LogP contribution in [0.2, 0.25) is 0 Å². The third-order valence-electron chi connectivity index (χ3n) is 10.5. The highest BCUT2D eigenvalue weighted by Gasteiger charge is 2.65. The first kappa shape index (κ1) is 16.8. The summed E-state index contributed by atoms with van der Waals surface area (Å²) in [7, 11) is 0. The second-order valence-electron chi connectivity index (χ2n) is 11.3. The Hall–Kier alpha value is -0.120. The van der Waals surface area contributed by atoms with Crippen molar-refractivity contribution in [3.8, 4) is 0 Å². The van der Waals surface area contributed by atoms with Crippen molar-refractivity contribution in [1.29, 1.82) is 0 Å². The maximum atomic E-state index is 11.4. The van der Waals surface area contributed by atoms with Crippen LogP contribution in [0.5, 0.6) is 0 Å². The van der Waals surface area contributed by atoms with Crippen molar-refractivity contribution >= 4 is 0 Å². The smallest absolute Gasteiger partial charge is 0.0847 e. The van der Waals surface area contributed by atoms with Gasteiger partial charge in [-0.1, -0.05) is 13.8 Å². The molecule has 6 fully saturated rings. The van der Waals surface area contributed by atoms with Gasteiger partial charge in [0.05, 0.1) is 18.3 Å². The molecule has 26 heavy (non-hydrogen) atoms. The average Bonchev–Trinajstić information content (AvgIpc) is 3.02. The van der Waals surface area contributed by atoms with Crippen LogP contribution in [-0.4, -0.2) is 47.4 Å². The van der Waals surface area contributed by atoms with E-state index < -0.39 is 0 Å². The number of nitrogens with zero attached hydrogens (tertiary/aromatic N) is 1. The lowest BCUT2D eigenvalue weighted by Crippen LogP contribution is -2.54. The van der Waals surface area contributed by atoms with Gasteiger partial charge in [0.25, 0.3) is 0 Å². The van der Waals surface area contributed by atoms with Crippen LogP contribution in [0.1, 0.15) is 71.6 Å². The number of rotatable bonds is 1. The Morgan fingerprint density at radius 3 is 2.54 bits per heavy atom. The maximum absolute atomic E-state index is 11.4. The number of fused-ring (bicyclic) bond motifs is 6. The van der Waals surface area contributed by atoms with Crippen LogP contribution in [0.3, 0.4) is 0 Å². The molecule has 6 aliphatic rings. The van der Waals surface area contributed by atoms with E-state index in [1.54, 1.807) is 0 Å². The number of hydrogen-bond acceptors (Lipinski definition) is 3. The van der Waals surface area contributed by atoms with E-state index in [2.05, 4.69) is 18.7 Å². The number of ether oxygens (including phenoxy) is 1. The molecule has 0 aromatic rings. The van der Waals surface area contributed by atoms with Crippen molar-refractivity contribution in [1.82, 2.24) is 4.90 Å². The molecular weight excluding hydrogens is 322 g/mol. The minimum atomic E-state index is -0.0976. The summed E-state index contributed by atoms with van der Waals surface area (Å²) in [5.41, 5.74) is 0.684. The van der Waals surface area contributed by atoms with Gasteiger partial charge in [-0.2, -0.15) is 0 Å². The van der Waals surface area contributed by atoms with Crippen molar-refractivity contribution in [3.05, 3.63) is 0 Å². The summed E-state index contributed by atoms with van der Waals surface area (Å²) in [6.45, 7) is 7.51. The number of likely N-dealkylation sites (tertiary alicyclic amines) is 1. The van der Waals surface area contributed by atoms with E-state index in [9.17, 15) is 5.11 Å². The Kier molecular flexibility index (Phi) is 3.54. The molecule has 4 aliphatic carbocycles. The molecule has 10 atom stereocenters. The quantitative estimate of drug-likeness (QED) is 0.723. The normalized spacial score (nSPS) is 61.5. The van der Waals surface area contributed by atoms with Crippen LogP contribution < -0.4 is 0 Å². The molecule has 3 nitrogen and oxygen atoms in total. The molecule has 0 amide bonds. The van der Waals surface area contributed by atoms with Gasteiger partial charge in [0.2, 0.25) is 0 Å². The zero-order valence-electron chi connectivity index (χ0n) is 16.7. The van der Waals surface area contributed by atoms with E-state index in [4.69, 9.17) is 4.74 Å². The van der Waals surface area contributed by atoms with E-state index >= 15 is 0 Å². The minimum Gasteiger partial charge on any atom is -0.391 e. The Labute approximate surface area is 158 Å². The second-order valence-corrected chi connectivity index (χ2v) is 11.3. The first-order chi connectivity index (χ1) is 12.5. The number of aliphatic hydroxyl groups is 1. The zero-order chi connectivity index (χ0) is 17.7. The summed E-state index contributed by atoms with van der Waals surface area (Å²) >= 11 is 0. The minimum absolute atomic E-state index is 0.0976. The summed E-state index contributed by atoms with van der Waals surface area (Å²) in [5, 5.41) is 11.4. The summed E-state index contributed by atoms with van der Waals surface area (Å²) in [6.07, 6.45) is 13.1. The van der Waals surface area contributed by atoms with Gasteiger partial charge in [-0.3, -0.25) is 4.90 Å². The van der Waals surface area contributed by atoms with Crippen molar-refractivity contribution in [2.75, 3.05) is 13.1 Å². The molecule has 146 valence electrons. The van der Waals surface area contributed by atoms with Gasteiger partial charge in [0.15, 0.2) is 0 Å². The second kappa shape index (κ2) is 5.48. The molecule has 2 saturated heterocycles. The fourth-order valence-electron chi connectivity index (χ4n) is 8.93. The number of aliphatic hydroxyl groups excluding tert-OH is 1. The van der Waals surface area contributed by atoms with Crippen molar-refractivity contribution in [2.24, 2.45) is 34.5 Å². The highest BCUT2D eigenvalue weighted by atomic mass is 16.6. The summed E-state index contributed by atoms with van der Waals surface area (Å²) in [5.74, 6) is 3.39. The molecule has 0 aromatic carbocycles. The van der Waals surface area contributed by atoms with E-state index in [0.717, 1.165) is 23.7 Å². The average molecular weight is 360 g/mol. The lowest BCUT2D eigenvalue weighted by atomic mass is 9.45. The summed E-state index contributed by atoms with van der Waals surface area (Å²) < 4.78 is 5.98. The third-order valence-corrected chi connectivity index (χ3v) is 10.5. The number of hydrogen-bond donors (Lipinski definition) is 1. The Bertz CT molecular complexity index is 589. The molecule has 3 unspecified atom stereocenters. The molecule has 0 radical (unpaired) electrons. The lowest BCUT2D eigenvalue weighted by Gasteiger charge is -2.59. The standard InChI is InChI=1S/C23H37NO2/c1-22-8-7-16-15(6-5-14-11-19-20(26-19)13-23(14,16)2)17(22)12-18(21(22)25)24-9-3-4-10-24/h14-21,25H,3-13H2,1-2H3/t14-,15?,16?,17?,18-,19-,20+,21-,22-,23-/m0/s1. The molecule has 2 heterocycles. The lowest BCUT2D eigenvalue weighted by molar-refractivity contribution is -0.119. The van der Waals surface area contributed by atoms with E-state index in [1.165, 1.54) is 70.9 Å². The molecule has 0 bridgehead atoms. The van der Waals surface area contributed by atoms with E-state index in [0.29, 0.717) is 23.7 Å². The van der Waals surface area contributed by atoms with Gasteiger partial charge in [-0.05, 0) is 105 Å². The summed E-state index contributed by atoms with van der Waals surface area (Å²) in [4.78, 5) is 2.64. The van der Waals surface area contributed by atoms with Gasteiger partial charge in [-0.25, -0.2) is 0 Å². The molecule has 0 spiro atoms. The molecule has 4 saturated carbocycles. The maximum Gasteiger partial charge on any atom is 0.0847 e. The van der Waals surface area contributed by atoms with Crippen LogP contribution in [0, 0.1) is 34.5 Å². The zero-order valence-corrected chi connectivity index (χ0v) is 16.7. The number of epoxide rings is 1. The Balaban J connectivity index is 1.29. The fourth-order valence-corrected chi connectivity index (χ4v) is 8.93. The molecule has 1 N–H and O–H groups in total. The Morgan fingerprint density at radius 1 is 0.923 bits per heavy atom.